The molecule has 138 valence electrons. The molecular weight excluding hydrogens is 342 g/mol. The molecule has 0 spiro atoms. The highest BCUT2D eigenvalue weighted by Gasteiger charge is 2.20. The van der Waals surface area contributed by atoms with Crippen LogP contribution in [-0.2, 0) is 13.1 Å². The Labute approximate surface area is 157 Å². The summed E-state index contributed by atoms with van der Waals surface area (Å²) in [6, 6.07) is 11.5. The third-order valence-electron chi connectivity index (χ3n) is 4.26. The van der Waals surface area contributed by atoms with Crippen LogP contribution in [0.5, 0.6) is 0 Å². The third kappa shape index (κ3) is 4.58. The van der Waals surface area contributed by atoms with Gasteiger partial charge in [0.05, 0.1) is 18.6 Å². The number of H-pyrrole nitrogens is 1. The predicted molar refractivity (Wildman–Crippen MR) is 101 cm³/mol. The fourth-order valence-electron chi connectivity index (χ4n) is 2.58. The second kappa shape index (κ2) is 8.27. The zero-order valence-electron chi connectivity index (χ0n) is 15.2. The third-order valence-corrected chi connectivity index (χ3v) is 4.26. The molecule has 7 heteroatoms. The lowest BCUT2D eigenvalue weighted by molar-refractivity contribution is 0.0911. The first-order chi connectivity index (χ1) is 13.0. The van der Waals surface area contributed by atoms with E-state index in [2.05, 4.69) is 25.6 Å². The van der Waals surface area contributed by atoms with Crippen LogP contribution in [0.1, 0.15) is 43.4 Å². The standard InChI is InChI=1S/C20H21N5O2/c1-13-6-7-15(9-14(13)2)10-22-19(26)17-18(25-12-24-17)20(27)23-11-16-5-3-4-8-21-16/h3-9,12H,10-11H2,1-2H3,(H,22,26)(H,23,27)(H,24,25). The molecule has 3 aromatic rings. The van der Waals surface area contributed by atoms with Crippen molar-refractivity contribution >= 4 is 11.8 Å². The van der Waals surface area contributed by atoms with E-state index in [0.717, 1.165) is 16.8 Å². The van der Waals surface area contributed by atoms with Crippen LogP contribution < -0.4 is 10.6 Å². The molecule has 0 radical (unpaired) electrons. The minimum atomic E-state index is -0.432. The second-order valence-electron chi connectivity index (χ2n) is 6.23. The molecule has 0 aliphatic rings. The van der Waals surface area contributed by atoms with Gasteiger partial charge in [-0.05, 0) is 42.7 Å². The minimum Gasteiger partial charge on any atom is -0.347 e. The average Bonchev–Trinajstić information content (AvgIpc) is 3.17. The molecule has 0 saturated carbocycles. The number of aromatic nitrogens is 3. The summed E-state index contributed by atoms with van der Waals surface area (Å²) < 4.78 is 0. The highest BCUT2D eigenvalue weighted by molar-refractivity contribution is 6.04. The Morgan fingerprint density at radius 1 is 0.963 bits per heavy atom. The number of aryl methyl sites for hydroxylation is 2. The fourth-order valence-corrected chi connectivity index (χ4v) is 2.58. The number of rotatable bonds is 6. The lowest BCUT2D eigenvalue weighted by atomic mass is 10.1. The molecule has 0 unspecified atom stereocenters. The number of hydrogen-bond donors (Lipinski definition) is 3. The van der Waals surface area contributed by atoms with Crippen molar-refractivity contribution < 1.29 is 9.59 Å². The van der Waals surface area contributed by atoms with Crippen LogP contribution in [0, 0.1) is 13.8 Å². The molecule has 0 aliphatic heterocycles. The van der Waals surface area contributed by atoms with Gasteiger partial charge in [0.25, 0.3) is 11.8 Å². The van der Waals surface area contributed by atoms with Crippen molar-refractivity contribution in [1.82, 2.24) is 25.6 Å². The molecule has 27 heavy (non-hydrogen) atoms. The summed E-state index contributed by atoms with van der Waals surface area (Å²) in [5.41, 5.74) is 4.28. The van der Waals surface area contributed by atoms with Gasteiger partial charge < -0.3 is 15.6 Å². The number of aromatic amines is 1. The van der Waals surface area contributed by atoms with Crippen molar-refractivity contribution in [3.63, 3.8) is 0 Å². The topological polar surface area (TPSA) is 99.8 Å². The Bertz CT molecular complexity index is 950. The van der Waals surface area contributed by atoms with E-state index in [-0.39, 0.29) is 23.8 Å². The Morgan fingerprint density at radius 3 is 2.52 bits per heavy atom. The zero-order chi connectivity index (χ0) is 19.2. The van der Waals surface area contributed by atoms with Gasteiger partial charge in [0.15, 0.2) is 5.69 Å². The Hall–Kier alpha value is -3.48. The molecule has 7 nitrogen and oxygen atoms in total. The molecule has 0 fully saturated rings. The highest BCUT2D eigenvalue weighted by atomic mass is 16.2. The summed E-state index contributed by atoms with van der Waals surface area (Å²) >= 11 is 0. The maximum atomic E-state index is 12.5. The van der Waals surface area contributed by atoms with Gasteiger partial charge in [0, 0.05) is 12.7 Å². The molecule has 2 heterocycles. The number of carbonyl (C=O) groups excluding carboxylic acids is 2. The first-order valence-electron chi connectivity index (χ1n) is 8.60. The molecule has 0 aliphatic carbocycles. The van der Waals surface area contributed by atoms with E-state index in [9.17, 15) is 9.59 Å². The second-order valence-corrected chi connectivity index (χ2v) is 6.23. The average molecular weight is 363 g/mol. The lowest BCUT2D eigenvalue weighted by Gasteiger charge is -2.08. The smallest absolute Gasteiger partial charge is 0.272 e. The summed E-state index contributed by atoms with van der Waals surface area (Å²) in [6.07, 6.45) is 2.99. The first kappa shape index (κ1) is 18.3. The monoisotopic (exact) mass is 363 g/mol. The number of hydrogen-bond acceptors (Lipinski definition) is 4. The molecule has 2 aromatic heterocycles. The van der Waals surface area contributed by atoms with E-state index in [1.165, 1.54) is 11.9 Å². The molecule has 0 atom stereocenters. The van der Waals surface area contributed by atoms with Crippen molar-refractivity contribution in [3.8, 4) is 0 Å². The van der Waals surface area contributed by atoms with Gasteiger partial charge in [-0.2, -0.15) is 0 Å². The number of nitrogens with one attached hydrogen (secondary N) is 3. The van der Waals surface area contributed by atoms with Gasteiger partial charge in [-0.1, -0.05) is 24.3 Å². The summed E-state index contributed by atoms with van der Waals surface area (Å²) in [4.78, 5) is 35.7. The number of benzene rings is 1. The first-order valence-corrected chi connectivity index (χ1v) is 8.60. The van der Waals surface area contributed by atoms with Crippen LogP contribution >= 0.6 is 0 Å². The van der Waals surface area contributed by atoms with Crippen LogP contribution in [0.3, 0.4) is 0 Å². The molecule has 2 amide bonds. The fraction of sp³-hybridized carbons (Fsp3) is 0.200. The van der Waals surface area contributed by atoms with Crippen LogP contribution in [0.4, 0.5) is 0 Å². The summed E-state index contributed by atoms with van der Waals surface area (Å²) in [5.74, 6) is -0.813. The van der Waals surface area contributed by atoms with E-state index in [4.69, 9.17) is 0 Å². The van der Waals surface area contributed by atoms with E-state index in [1.54, 1.807) is 12.3 Å². The SMILES string of the molecule is Cc1ccc(CNC(=O)c2[nH]cnc2C(=O)NCc2ccccn2)cc1C. The summed E-state index contributed by atoms with van der Waals surface area (Å²) in [6.45, 7) is 4.70. The van der Waals surface area contributed by atoms with Crippen molar-refractivity contribution in [1.29, 1.82) is 0 Å². The number of imidazole rings is 1. The van der Waals surface area contributed by atoms with Gasteiger partial charge in [-0.15, -0.1) is 0 Å². The number of nitrogens with zero attached hydrogens (tertiary/aromatic N) is 2. The van der Waals surface area contributed by atoms with E-state index in [1.807, 2.05) is 44.2 Å². The van der Waals surface area contributed by atoms with Gasteiger partial charge in [0.2, 0.25) is 0 Å². The van der Waals surface area contributed by atoms with Crippen LogP contribution in [0.15, 0.2) is 48.9 Å². The quantitative estimate of drug-likeness (QED) is 0.625. The summed E-state index contributed by atoms with van der Waals surface area (Å²) in [5, 5.41) is 5.53. The molecule has 1 aromatic carbocycles. The highest BCUT2D eigenvalue weighted by Crippen LogP contribution is 2.10. The Morgan fingerprint density at radius 2 is 1.78 bits per heavy atom. The van der Waals surface area contributed by atoms with Gasteiger partial charge in [-0.25, -0.2) is 4.98 Å². The van der Waals surface area contributed by atoms with E-state index < -0.39 is 5.91 Å². The maximum Gasteiger partial charge on any atom is 0.272 e. The normalized spacial score (nSPS) is 10.4. The summed E-state index contributed by atoms with van der Waals surface area (Å²) in [7, 11) is 0. The van der Waals surface area contributed by atoms with Crippen LogP contribution in [-0.4, -0.2) is 26.8 Å². The van der Waals surface area contributed by atoms with E-state index in [0.29, 0.717) is 6.54 Å². The van der Waals surface area contributed by atoms with Crippen molar-refractivity contribution in [2.45, 2.75) is 26.9 Å². The molecule has 0 bridgehead atoms. The molecular formula is C20H21N5O2. The number of amides is 2. The number of carbonyl (C=O) groups is 2. The molecule has 3 rings (SSSR count). The number of pyridine rings is 1. The van der Waals surface area contributed by atoms with Crippen molar-refractivity contribution in [3.05, 3.63) is 82.7 Å². The van der Waals surface area contributed by atoms with Gasteiger partial charge in [-0.3, -0.25) is 14.6 Å². The van der Waals surface area contributed by atoms with Gasteiger partial charge in [0.1, 0.15) is 5.69 Å². The maximum absolute atomic E-state index is 12.5. The van der Waals surface area contributed by atoms with E-state index >= 15 is 0 Å². The Kier molecular flexibility index (Phi) is 5.61. The van der Waals surface area contributed by atoms with Gasteiger partial charge >= 0.3 is 0 Å². The molecule has 0 saturated heterocycles. The van der Waals surface area contributed by atoms with Crippen LogP contribution in [0.25, 0.3) is 0 Å². The Balaban J connectivity index is 1.62. The largest absolute Gasteiger partial charge is 0.347 e. The zero-order valence-corrected chi connectivity index (χ0v) is 15.2. The van der Waals surface area contributed by atoms with Crippen molar-refractivity contribution in [2.75, 3.05) is 0 Å². The minimum absolute atomic E-state index is 0.0588. The lowest BCUT2D eigenvalue weighted by Crippen LogP contribution is -2.29. The van der Waals surface area contributed by atoms with Crippen LogP contribution in [0.2, 0.25) is 0 Å². The predicted octanol–water partition coefficient (Wildman–Crippen LogP) is 2.28. The molecule has 3 N–H and O–H groups in total. The van der Waals surface area contributed by atoms with Crippen molar-refractivity contribution in [2.24, 2.45) is 0 Å².